The zero-order chi connectivity index (χ0) is 95.9. The molecule has 17 N–H and O–H groups in total. The minimum absolute atomic E-state index is 0.00967. The lowest BCUT2D eigenvalue weighted by Gasteiger charge is -2.27. The third kappa shape index (κ3) is 19.2. The van der Waals surface area contributed by atoms with Crippen LogP contribution in [0.25, 0.3) is 44.7 Å². The number of H-pyrrole nitrogens is 3. The van der Waals surface area contributed by atoms with Crippen molar-refractivity contribution in [2.75, 3.05) is 62.6 Å². The number of hydrogen-bond donors (Lipinski definition) is 14. The molecule has 20 rings (SSSR count). The number of nitrogen functional groups attached to an aromatic ring is 4. The van der Waals surface area contributed by atoms with Gasteiger partial charge in [0.05, 0.1) is 83.3 Å². The Hall–Kier alpha value is -8.09. The molecule has 10 aromatic heterocycles. The smallest absolute Gasteiger partial charge is 0.397 e. The molecule has 10 aliphatic heterocycles. The molecule has 0 aromatic carbocycles. The molecule has 8 saturated heterocycles. The number of carbonyl (C=O) groups excluding carboxylic acids is 2. The predicted molar refractivity (Wildman–Crippen MR) is 460 cm³/mol. The molecule has 0 aliphatic carbocycles. The molecule has 55 nitrogen and oxygen atoms in total. The Labute approximate surface area is 771 Å². The number of carbonyl (C=O) groups is 2. The predicted octanol–water partition coefficient (Wildman–Crippen LogP) is 1.88. The maximum Gasteiger partial charge on any atom is 0.695 e. The Morgan fingerprint density at radius 2 is 0.904 bits per heavy atom. The molecule has 6 unspecified atom stereocenters. The Balaban J connectivity index is 0.000000135. The summed E-state index contributed by atoms with van der Waals surface area (Å²) in [7, 11) is -3.32. The number of aromatic amines is 3. The lowest BCUT2D eigenvalue weighted by Crippen LogP contribution is -2.34. The molecule has 10 aromatic rings. The van der Waals surface area contributed by atoms with Gasteiger partial charge in [-0.1, -0.05) is 12.2 Å². The molecule has 20 heterocycles. The first kappa shape index (κ1) is 97.1. The number of fused-ring (bicyclic) bond motifs is 12. The summed E-state index contributed by atoms with van der Waals surface area (Å²) in [4.78, 5) is 170. The highest BCUT2D eigenvalue weighted by molar-refractivity contribution is 8.44. The van der Waals surface area contributed by atoms with Gasteiger partial charge in [0, 0.05) is 36.0 Å². The first-order chi connectivity index (χ1) is 64.0. The van der Waals surface area contributed by atoms with Crippen LogP contribution in [0.1, 0.15) is 71.2 Å². The van der Waals surface area contributed by atoms with E-state index in [9.17, 15) is 62.7 Å². The zero-order valence-corrected chi connectivity index (χ0v) is 76.7. The molecule has 0 saturated carbocycles. The van der Waals surface area contributed by atoms with Crippen LogP contribution >= 0.6 is 54.2 Å². The van der Waals surface area contributed by atoms with E-state index < -0.39 is 246 Å². The summed E-state index contributed by atoms with van der Waals surface area (Å²) in [6.07, 6.45) is -29.3. The van der Waals surface area contributed by atoms with Gasteiger partial charge in [-0.2, -0.15) is 15.0 Å². The van der Waals surface area contributed by atoms with Gasteiger partial charge in [0.2, 0.25) is 17.8 Å². The molecule has 4 bridgehead atoms. The number of imidazole rings is 6. The molecule has 8 fully saturated rings. The number of nitrogens with two attached hydrogens (primary N) is 4. The number of halogens is 6. The van der Waals surface area contributed by atoms with Crippen LogP contribution in [0.3, 0.4) is 0 Å². The summed E-state index contributed by atoms with van der Waals surface area (Å²) in [5, 5.41) is 9.65. The van der Waals surface area contributed by atoms with E-state index in [4.69, 9.17) is 148 Å². The molecule has 30 atom stereocenters. The molecule has 0 radical (unpaired) electrons. The first-order valence-corrected chi connectivity index (χ1v) is 53.2. The monoisotopic (exact) mass is 2110 g/mol. The molecule has 0 spiro atoms. The topological polar surface area (TPSA) is 732 Å². The number of Topliss-reactive ketones (excluding diaryl/α,β-unsaturated/α-hetero) is 2. The highest BCUT2D eigenvalue weighted by atomic mass is 32.7. The average Bonchev–Trinajstić information content (AvgIpc) is 1.61. The molecular weight excluding hydrogens is 2050 g/mol. The summed E-state index contributed by atoms with van der Waals surface area (Å²) < 4.78 is 221. The van der Waals surface area contributed by atoms with Gasteiger partial charge in [-0.25, -0.2) is 75.8 Å². The minimum Gasteiger partial charge on any atom is -0.397 e. The van der Waals surface area contributed by atoms with E-state index in [1.165, 1.54) is 51.0 Å². The van der Waals surface area contributed by atoms with Crippen LogP contribution in [0.15, 0.2) is 74.6 Å². The van der Waals surface area contributed by atoms with Crippen LogP contribution < -0.4 is 39.6 Å². The Morgan fingerprint density at radius 1 is 0.504 bits per heavy atom. The van der Waals surface area contributed by atoms with Gasteiger partial charge in [0.25, 0.3) is 16.7 Å². The first-order valence-electron chi connectivity index (χ1n) is 39.0. The molecular formula is C63H68F6N25O30P6S5+. The van der Waals surface area contributed by atoms with Crippen LogP contribution in [-0.4, -0.2) is 296 Å². The number of aliphatic hydroxyl groups excluding tert-OH is 1. The second-order valence-corrected chi connectivity index (χ2v) is 45.0. The average molecular weight is 2120 g/mol. The summed E-state index contributed by atoms with van der Waals surface area (Å²) >= 11 is 24.4. The van der Waals surface area contributed by atoms with E-state index >= 15 is 26.3 Å². The number of nitrogens with zero attached hydrogens (tertiary/aromatic N) is 18. The second kappa shape index (κ2) is 37.8. The molecule has 72 heteroatoms. The van der Waals surface area contributed by atoms with Crippen molar-refractivity contribution >= 4 is 205 Å². The number of hydrogen-bond acceptors (Lipinski definition) is 45. The van der Waals surface area contributed by atoms with E-state index in [1.54, 1.807) is 0 Å². The number of rotatable bonds is 14. The van der Waals surface area contributed by atoms with E-state index in [0.717, 1.165) is 39.0 Å². The lowest BCUT2D eigenvalue weighted by atomic mass is 10.1. The van der Waals surface area contributed by atoms with Crippen molar-refractivity contribution in [3.05, 3.63) is 92.7 Å². The largest absolute Gasteiger partial charge is 0.695 e. The van der Waals surface area contributed by atoms with Crippen molar-refractivity contribution < 1.29 is 153 Å². The van der Waals surface area contributed by atoms with Crippen molar-refractivity contribution in [1.29, 1.82) is 0 Å². The fourth-order valence-corrected chi connectivity index (χ4v) is 23.4. The highest BCUT2D eigenvalue weighted by Crippen LogP contribution is 2.61. The lowest BCUT2D eigenvalue weighted by molar-refractivity contribution is -0.0601. The Bertz CT molecular complexity index is 6610. The summed E-state index contributed by atoms with van der Waals surface area (Å²) in [6.45, 7) is -26.4. The van der Waals surface area contributed by atoms with E-state index in [2.05, 4.69) is 87.0 Å². The summed E-state index contributed by atoms with van der Waals surface area (Å²) in [5.41, 5.74) is 20.7. The fourth-order valence-electron chi connectivity index (χ4n) is 15.8. The second-order valence-electron chi connectivity index (χ2n) is 30.3. The maximum atomic E-state index is 16.0. The Morgan fingerprint density at radius 3 is 1.37 bits per heavy atom. The van der Waals surface area contributed by atoms with Gasteiger partial charge in [0.15, 0.2) is 154 Å². The number of nitrogens with one attached hydrogen (secondary N) is 3. The maximum absolute atomic E-state index is 16.0. The quantitative estimate of drug-likeness (QED) is 0.0420. The van der Waals surface area contributed by atoms with Gasteiger partial charge >= 0.3 is 41.9 Å². The number of aliphatic imine (C=N–C) groups is 2. The van der Waals surface area contributed by atoms with Crippen molar-refractivity contribution in [1.82, 2.24) is 92.2 Å². The third-order valence-corrected chi connectivity index (χ3v) is 30.1. The van der Waals surface area contributed by atoms with Crippen LogP contribution in [-0.2, 0) is 135 Å². The fraction of sp³-hybridized carbons (Fsp3) is 0.508. The Kier molecular flexibility index (Phi) is 27.2. The molecule has 0 amide bonds. The number of pyridine rings is 1. The van der Waals surface area contributed by atoms with Gasteiger partial charge in [0.1, 0.15) is 72.7 Å². The number of alkyl halides is 6. The van der Waals surface area contributed by atoms with Gasteiger partial charge in [-0.15, -0.1) is 9.42 Å². The van der Waals surface area contributed by atoms with Crippen LogP contribution in [0, 0.1) is 0 Å². The highest BCUT2D eigenvalue weighted by Gasteiger charge is 2.59. The van der Waals surface area contributed by atoms with Crippen molar-refractivity contribution in [2.24, 2.45) is 9.98 Å². The molecule has 135 heavy (non-hydrogen) atoms. The van der Waals surface area contributed by atoms with Crippen LogP contribution in [0.4, 0.5) is 61.5 Å². The number of thiol groups is 1. The third-order valence-electron chi connectivity index (χ3n) is 21.8. The number of aromatic nitrogens is 19. The van der Waals surface area contributed by atoms with Crippen molar-refractivity contribution in [3.63, 3.8) is 0 Å². The summed E-state index contributed by atoms with van der Waals surface area (Å²) in [6, 6.07) is 1.49. The van der Waals surface area contributed by atoms with Gasteiger partial charge in [-0.3, -0.25) is 93.5 Å². The number of aliphatic hydroxyl groups is 1. The van der Waals surface area contributed by atoms with E-state index in [-0.39, 0.29) is 116 Å². The number of ketones is 2. The normalized spacial score (nSPS) is 36.0. The van der Waals surface area contributed by atoms with E-state index in [1.807, 2.05) is 0 Å². The van der Waals surface area contributed by atoms with Crippen LogP contribution in [0.5, 0.6) is 0 Å². The minimum atomic E-state index is -4.50. The zero-order valence-electron chi connectivity index (χ0n) is 67.2. The molecule has 726 valence electrons. The van der Waals surface area contributed by atoms with Crippen LogP contribution in [0.2, 0.25) is 0 Å². The van der Waals surface area contributed by atoms with E-state index in [0.29, 0.717) is 0 Å². The molecule has 10 aliphatic rings. The van der Waals surface area contributed by atoms with Gasteiger partial charge < -0.3 is 94.1 Å². The SMILES string of the molecule is Nc1nc2c(ncn2[C@@H]2O[C@@H]3COP(O)(=S)O[C@H]4[C@H](F)[C@H](n5cnc6c5N=CCC6=O)O[C@@H]4COP(=O)(S)O[C@@H]2[C@@H]3F)c(=O)[nH]1.Nc1nc2c(ncn2[C@@H]2O[C@@H]3COP(O)(=S)O[C@H]4[C@H](F)[C@H](n5cnc6c5N=CCC6=O)O[C@@H]4COP(O)(=S)O[C@@H]2[C@@H]3F)c(=O)[nH]1.Nc1nc2c(ncn2[C@@H]2O[C@H](CO)[C@@H](F)[C@H]2OP(O)(=S)OC[C@H]2O[C@@H](n3cnc4c(N)ccnc43)[C@@H](F)[C@@H]2O[P+](=O)O)c(=O)[nH]1. The van der Waals surface area contributed by atoms with Crippen molar-refractivity contribution in [3.8, 4) is 0 Å². The summed E-state index contributed by atoms with van der Waals surface area (Å²) in [5.74, 6) is -1.39. The number of anilines is 4. The number of ether oxygens (including phenoxy) is 6. The standard InChI is InChI=1S/C21H23F2N9O10P2S.2C21H22F2N8O10P2S2/c22-10-8(3-33)39-20(32-6-28-13-17(32)29-21(25)30-18(13)34)15(10)42-44(37,45)38-4-9-14(41-43(35)36)11(23)19(40-9)31-5-27-12-7(24)1-2-26-16(12)31;2*22-10-8-3-36-42(34,44)40-14-9(39-19(11(14)23)30-5-26-12-7(32)1-2-25-16(12)30)4-37-43(35,45)41-15(10)20(38-8)31-6-27-13-17(31)28-21(24)29-18(13)33/h1-2,5-6,8-11,14-15,19-20,33H,3-4H2,(H6-,24,25,26,29,30,34,35,36,37,45);2*2,5-6,8-11,14-15,19-20H,1,3-4H2,(H,34,44)(H,35,45)(H3,24,28,29,33)/p+1/t8-,9-,10-,11+,14-,15-,19-,20-,44?;2*8-,9-,10-,11+,14-,15-,19-,20-,42?,43?/m111/s1. The van der Waals surface area contributed by atoms with Crippen molar-refractivity contribution in [2.45, 2.75) is 160 Å². The van der Waals surface area contributed by atoms with Gasteiger partial charge in [-0.05, 0) is 53.3 Å².